The zero-order valence-corrected chi connectivity index (χ0v) is 96.5. The van der Waals surface area contributed by atoms with Crippen LogP contribution in [0.2, 0.25) is 0 Å². The highest BCUT2D eigenvalue weighted by Crippen LogP contribution is 2.49. The number of hydrogen-bond donors (Lipinski definition) is 2. The maximum Gasteiger partial charge on any atom is 0.306 e. The lowest BCUT2D eigenvalue weighted by Gasteiger charge is -2.21. The molecule has 4 aromatic rings. The summed E-state index contributed by atoms with van der Waals surface area (Å²) < 4.78 is 75.1. The third-order valence-corrected chi connectivity index (χ3v) is 31.2. The van der Waals surface area contributed by atoms with E-state index in [4.69, 9.17) is 67.1 Å². The first kappa shape index (κ1) is 123. The smallest absolute Gasteiger partial charge is 0.306 e. The van der Waals surface area contributed by atoms with Crippen molar-refractivity contribution >= 4 is 23.1 Å². The largest absolute Gasteiger partial charge is 0.511 e. The highest BCUT2D eigenvalue weighted by Gasteiger charge is 2.42. The van der Waals surface area contributed by atoms with E-state index in [1.807, 2.05) is 19.1 Å². The maximum atomic E-state index is 15.2. The van der Waals surface area contributed by atoms with Gasteiger partial charge in [0.25, 0.3) is 0 Å². The van der Waals surface area contributed by atoms with Gasteiger partial charge in [-0.1, -0.05) is 420 Å². The summed E-state index contributed by atoms with van der Waals surface area (Å²) in [5.74, 6) is 5.22. The molecule has 5 aliphatic heterocycles. The highest BCUT2D eigenvalue weighted by atomic mass is 16.6. The monoisotopic (exact) mass is 2070 g/mol. The number of hydrogen-bond acceptors (Lipinski definition) is 17. The number of unbranched alkanes of at least 4 members (excludes halogenated alkanes) is 54. The number of esters is 1. The van der Waals surface area contributed by atoms with E-state index in [0.717, 1.165) is 202 Å². The van der Waals surface area contributed by atoms with E-state index in [-0.39, 0.29) is 56.4 Å². The molecule has 8 bridgehead atoms. The van der Waals surface area contributed by atoms with E-state index in [1.54, 1.807) is 7.11 Å². The number of aliphatic hydroxyl groups excluding tert-OH is 1. The topological polar surface area (TPSA) is 188 Å². The van der Waals surface area contributed by atoms with Crippen LogP contribution in [-0.4, -0.2) is 81.6 Å². The number of aliphatic hydroxyl groups is 1. The molecule has 834 valence electrons. The van der Waals surface area contributed by atoms with E-state index < -0.39 is 0 Å². The van der Waals surface area contributed by atoms with Crippen LogP contribution >= 0.6 is 0 Å². The van der Waals surface area contributed by atoms with Gasteiger partial charge < -0.3 is 62.5 Å². The van der Waals surface area contributed by atoms with Crippen LogP contribution in [-0.2, 0) is 40.7 Å². The number of ether oxygens (including phenoxy) is 11. The van der Waals surface area contributed by atoms with Gasteiger partial charge in [0.15, 0.2) is 46.0 Å². The first-order valence-electron chi connectivity index (χ1n) is 61.5. The number of methoxy groups -OCH3 is 1. The van der Waals surface area contributed by atoms with Crippen LogP contribution in [0.5, 0.6) is 51.7 Å². The molecule has 17 nitrogen and oxygen atoms in total. The number of benzene rings is 4. The first-order valence-corrected chi connectivity index (χ1v) is 61.5. The SMILES string of the molecule is CCCCCCCCCCCCOc1ccc(COc2cc(COC(=O)CC[C@@H]3C4=C5CC(O)=C6C5=NC(=C6C)C=C5N=C(C(C)=C5CC)C(COC)=C5C=C(C)C(=N5)C=C(N4)[C@H]3C)cc(OCc3ccc(OCCCCCCCCCCCC)c(OCCCCCCCCCCCC)c3)c2OCc2ccc(OCCCCCCCCCCCC)c(OCCCCCCCCCCCC)c2)cc1OCCCCCCCCCCCC. The van der Waals surface area contributed by atoms with Gasteiger partial charge in [-0.3, -0.25) is 4.79 Å². The Bertz CT molecular complexity index is 4830. The number of nitrogens with zero attached hydrogens (tertiary/aromatic N) is 3. The molecule has 5 heterocycles. The lowest BCUT2D eigenvalue weighted by Crippen LogP contribution is -2.16. The van der Waals surface area contributed by atoms with Crippen molar-refractivity contribution in [2.24, 2.45) is 26.8 Å². The van der Waals surface area contributed by atoms with E-state index in [9.17, 15) is 5.11 Å². The van der Waals surface area contributed by atoms with Crippen LogP contribution in [0.3, 0.4) is 0 Å². The van der Waals surface area contributed by atoms with Gasteiger partial charge in [0, 0.05) is 59.9 Å². The minimum absolute atomic E-state index is 0.0960. The average Bonchev–Trinajstić information content (AvgIpc) is 1.58. The van der Waals surface area contributed by atoms with Crippen molar-refractivity contribution in [3.63, 3.8) is 0 Å². The maximum absolute atomic E-state index is 15.2. The Hall–Kier alpha value is -8.96. The number of nitrogens with one attached hydrogen (secondary N) is 1. The van der Waals surface area contributed by atoms with Gasteiger partial charge in [0.2, 0.25) is 5.75 Å². The first-order chi connectivity index (χ1) is 73.7. The van der Waals surface area contributed by atoms with Gasteiger partial charge in [-0.05, 0) is 183 Å². The molecule has 4 aromatic carbocycles. The molecule has 0 spiro atoms. The lowest BCUT2D eigenvalue weighted by molar-refractivity contribution is -0.145. The van der Waals surface area contributed by atoms with Crippen molar-refractivity contribution in [3.05, 3.63) is 180 Å². The number of allylic oxidation sites excluding steroid dienone is 11. The molecule has 0 saturated carbocycles. The molecule has 1 saturated heterocycles. The zero-order valence-electron chi connectivity index (χ0n) is 96.5. The molecule has 2 atom stereocenters. The van der Waals surface area contributed by atoms with Crippen LogP contribution < -0.4 is 47.9 Å². The normalized spacial score (nSPS) is 15.3. The third-order valence-electron chi connectivity index (χ3n) is 31.2. The molecule has 0 radical (unpaired) electrons. The predicted octanol–water partition coefficient (Wildman–Crippen LogP) is 38.4. The van der Waals surface area contributed by atoms with Crippen LogP contribution in [0.15, 0.2) is 173 Å². The van der Waals surface area contributed by atoms with Gasteiger partial charge in [-0.25, -0.2) is 15.0 Å². The minimum Gasteiger partial charge on any atom is -0.511 e. The quantitative estimate of drug-likeness (QED) is 0.0314. The molecule has 2 N–H and O–H groups in total. The van der Waals surface area contributed by atoms with Crippen LogP contribution in [0, 0.1) is 11.8 Å². The number of fused-ring (bicyclic) bond motifs is 5. The van der Waals surface area contributed by atoms with Crippen LogP contribution in [0.25, 0.3) is 0 Å². The fourth-order valence-corrected chi connectivity index (χ4v) is 21.8. The molecular formula is C133H204N4O13. The molecule has 6 aliphatic rings. The second-order valence-corrected chi connectivity index (χ2v) is 44.1. The molecule has 0 unspecified atom stereocenters. The van der Waals surface area contributed by atoms with Crippen molar-refractivity contribution in [2.75, 3.05) is 53.4 Å². The molecular weight excluding hydrogens is 1860 g/mol. The number of rotatable bonds is 89. The minimum atomic E-state index is -0.361. The van der Waals surface area contributed by atoms with Crippen molar-refractivity contribution < 1.29 is 62.0 Å². The average molecular weight is 2070 g/mol. The molecule has 0 aromatic heterocycles. The van der Waals surface area contributed by atoms with Gasteiger partial charge >= 0.3 is 5.97 Å². The summed E-state index contributed by atoms with van der Waals surface area (Å²) in [7, 11) is 1.72. The Morgan fingerprint density at radius 3 is 1.05 bits per heavy atom. The number of aliphatic imine (C=N–C) groups is 3. The molecule has 10 rings (SSSR count). The molecule has 1 fully saturated rings. The predicted molar refractivity (Wildman–Crippen MR) is 626 cm³/mol. The Morgan fingerprint density at radius 1 is 0.347 bits per heavy atom. The summed E-state index contributed by atoms with van der Waals surface area (Å²) in [6.07, 6.45) is 82.6. The van der Waals surface area contributed by atoms with Crippen molar-refractivity contribution in [2.45, 2.75) is 514 Å². The second kappa shape index (κ2) is 74.2. The van der Waals surface area contributed by atoms with E-state index in [1.165, 1.54) is 308 Å². The van der Waals surface area contributed by atoms with E-state index in [0.29, 0.717) is 99.2 Å². The summed E-state index contributed by atoms with van der Waals surface area (Å²) >= 11 is 0. The van der Waals surface area contributed by atoms with Crippen molar-refractivity contribution in [3.8, 4) is 51.7 Å². The summed E-state index contributed by atoms with van der Waals surface area (Å²) in [4.78, 5) is 31.3. The summed E-state index contributed by atoms with van der Waals surface area (Å²) in [5.41, 5.74) is 16.9. The van der Waals surface area contributed by atoms with Gasteiger partial charge in [-0.2, -0.15) is 0 Å². The standard InChI is InChI=1S/C133H204N4O13/c1-13-20-26-32-38-44-50-56-62-68-82-141-120-78-74-106(89-123(120)144-85-71-65-59-53-47-41-35-29-23-16-4)97-147-126-92-109(100-149-128(139)81-77-111-103(9)115-95-114-102(8)88-117(134-114)113(101-140-12)130-104(10)110(19-7)118(137-130)96-116-105(11)129-119(138)94-112(131(111)135-115)132(129)136-116)93-127(148-98-107-75-79-121(142-83-69-63-57-51-45-39-33-27-21-14-2)124(90-107)145-86-72-66-60-54-48-42-36-30-24-17-5)133(126)150-99-108-76-80-122(143-84-70-64-58-52-46-40-34-28-22-15-3)125(91-108)146-87-73-67-61-55-49-43-37-31-25-18-6/h74-76,78-80,88-93,95-96,103,111,135,138H,13-73,77,81-87,94,97-101H2,1-12H3/t103-,111-/m0/s1. The van der Waals surface area contributed by atoms with Gasteiger partial charge in [0.05, 0.1) is 80.5 Å². The van der Waals surface area contributed by atoms with E-state index >= 15 is 4.79 Å². The molecule has 17 heteroatoms. The number of carbonyl (C=O) groups is 1. The Morgan fingerprint density at radius 2 is 0.693 bits per heavy atom. The highest BCUT2D eigenvalue weighted by molar-refractivity contribution is 6.21. The number of carbonyl (C=O) groups excluding carboxylic acids is 1. The van der Waals surface area contributed by atoms with Crippen LogP contribution in [0.4, 0.5) is 0 Å². The summed E-state index contributed by atoms with van der Waals surface area (Å²) in [6.45, 7) is 28.6. The van der Waals surface area contributed by atoms with Gasteiger partial charge in [-0.15, -0.1) is 0 Å². The molecule has 150 heavy (non-hydrogen) atoms. The fraction of sp³-hybridized carbons (Fsp3) is 0.669. The summed E-state index contributed by atoms with van der Waals surface area (Å²) in [6, 6.07) is 22.7. The van der Waals surface area contributed by atoms with E-state index in [2.05, 4.69) is 147 Å². The molecule has 0 amide bonds. The fourth-order valence-electron chi connectivity index (χ4n) is 21.8. The second-order valence-electron chi connectivity index (χ2n) is 44.1. The third kappa shape index (κ3) is 43.8. The van der Waals surface area contributed by atoms with Crippen molar-refractivity contribution in [1.82, 2.24) is 5.32 Å². The Kier molecular flexibility index (Phi) is 60.8. The Labute approximate surface area is 910 Å². The molecule has 1 aliphatic carbocycles. The summed E-state index contributed by atoms with van der Waals surface area (Å²) in [5, 5.41) is 16.0. The zero-order chi connectivity index (χ0) is 106. The van der Waals surface area contributed by atoms with Crippen LogP contribution in [0.1, 0.15) is 509 Å². The van der Waals surface area contributed by atoms with Gasteiger partial charge in [0.1, 0.15) is 32.2 Å². The lowest BCUT2D eigenvalue weighted by atomic mass is 9.86. The Balaban J connectivity index is 0.995. The van der Waals surface area contributed by atoms with Crippen molar-refractivity contribution in [1.29, 1.82) is 0 Å².